The molecule has 1 aromatic rings. The molecule has 2 atom stereocenters. The lowest BCUT2D eigenvalue weighted by Crippen LogP contribution is -2.57. The van der Waals surface area contributed by atoms with E-state index in [9.17, 15) is 13.2 Å². The fourth-order valence-corrected chi connectivity index (χ4v) is 4.83. The van der Waals surface area contributed by atoms with E-state index in [2.05, 4.69) is 10.0 Å². The topological polar surface area (TPSA) is 78.5 Å². The maximum atomic E-state index is 12.3. The van der Waals surface area contributed by atoms with Gasteiger partial charge in [-0.3, -0.25) is 4.79 Å². The normalized spacial score (nSPS) is 20.9. The van der Waals surface area contributed by atoms with Gasteiger partial charge in [0.25, 0.3) is 0 Å². The van der Waals surface area contributed by atoms with Gasteiger partial charge in [0, 0.05) is 38.1 Å². The van der Waals surface area contributed by atoms with Crippen LogP contribution in [-0.2, 0) is 14.8 Å². The second-order valence-corrected chi connectivity index (χ2v) is 8.29. The lowest BCUT2D eigenvalue weighted by atomic mass is 10.1. The maximum Gasteiger partial charge on any atom is 0.243 e. The number of hydrogen-bond donors (Lipinski definition) is 2. The number of nitrogens with zero attached hydrogens (tertiary/aromatic N) is 1. The number of amides is 1. The third kappa shape index (κ3) is 5.45. The van der Waals surface area contributed by atoms with Gasteiger partial charge in [0.1, 0.15) is 4.90 Å². The molecule has 1 heterocycles. The van der Waals surface area contributed by atoms with Crippen molar-refractivity contribution in [3.63, 3.8) is 0 Å². The molecule has 2 N–H and O–H groups in total. The van der Waals surface area contributed by atoms with Crippen LogP contribution in [-0.4, -0.2) is 50.9 Å². The number of halogens is 3. The fourth-order valence-electron chi connectivity index (χ4n) is 2.66. The third-order valence-electron chi connectivity index (χ3n) is 4.17. The quantitative estimate of drug-likeness (QED) is 0.751. The number of carbonyl (C=O) groups is 1. The summed E-state index contributed by atoms with van der Waals surface area (Å²) >= 11 is 11.9. The molecule has 0 spiro atoms. The minimum Gasteiger partial charge on any atom is -0.337 e. The van der Waals surface area contributed by atoms with Gasteiger partial charge in [0.05, 0.1) is 10.0 Å². The van der Waals surface area contributed by atoms with Crippen molar-refractivity contribution in [2.45, 2.75) is 37.2 Å². The molecule has 0 bridgehead atoms. The van der Waals surface area contributed by atoms with Gasteiger partial charge in [-0.1, -0.05) is 29.3 Å². The highest BCUT2D eigenvalue weighted by Crippen LogP contribution is 2.28. The largest absolute Gasteiger partial charge is 0.337 e. The monoisotopic (exact) mass is 429 g/mol. The molecule has 0 saturated carbocycles. The first-order valence-corrected chi connectivity index (χ1v) is 9.94. The molecule has 25 heavy (non-hydrogen) atoms. The van der Waals surface area contributed by atoms with E-state index < -0.39 is 10.0 Å². The van der Waals surface area contributed by atoms with E-state index in [1.54, 1.807) is 11.0 Å². The summed E-state index contributed by atoms with van der Waals surface area (Å²) in [5.41, 5.74) is 0. The summed E-state index contributed by atoms with van der Waals surface area (Å²) in [6.45, 7) is 5.34. The standard InChI is InChI=1S/C15H21Cl2N3O3S.ClH/c1-10-11(2)20(9-8-18-10)14(21)6-7-19-24(22,23)15-12(16)4-3-5-13(15)17;/h3-5,10-11,18-19H,6-9H2,1-2H3;1H. The summed E-state index contributed by atoms with van der Waals surface area (Å²) in [5.74, 6) is -0.0798. The van der Waals surface area contributed by atoms with Crippen molar-refractivity contribution in [2.24, 2.45) is 0 Å². The van der Waals surface area contributed by atoms with E-state index in [-0.39, 0.29) is 58.3 Å². The summed E-state index contributed by atoms with van der Waals surface area (Å²) in [6, 6.07) is 4.76. The van der Waals surface area contributed by atoms with Crippen LogP contribution in [0.4, 0.5) is 0 Å². The van der Waals surface area contributed by atoms with Crippen LogP contribution in [0.3, 0.4) is 0 Å². The molecule has 1 amide bonds. The van der Waals surface area contributed by atoms with Gasteiger partial charge in [-0.15, -0.1) is 12.4 Å². The highest BCUT2D eigenvalue weighted by Gasteiger charge is 2.28. The molecule has 1 saturated heterocycles. The van der Waals surface area contributed by atoms with Crippen LogP contribution in [0.5, 0.6) is 0 Å². The first kappa shape index (κ1) is 22.5. The second-order valence-electron chi connectivity index (χ2n) is 5.77. The number of sulfonamides is 1. The summed E-state index contributed by atoms with van der Waals surface area (Å²) in [4.78, 5) is 13.9. The maximum absolute atomic E-state index is 12.3. The minimum absolute atomic E-state index is 0. The van der Waals surface area contributed by atoms with Crippen molar-refractivity contribution >= 4 is 51.5 Å². The van der Waals surface area contributed by atoms with Gasteiger partial charge in [0.15, 0.2) is 0 Å². The van der Waals surface area contributed by atoms with Gasteiger partial charge in [-0.2, -0.15) is 0 Å². The average molecular weight is 431 g/mol. The van der Waals surface area contributed by atoms with Crippen LogP contribution in [0.2, 0.25) is 10.0 Å². The molecule has 10 heteroatoms. The Labute approximate surface area is 164 Å². The van der Waals surface area contributed by atoms with Crippen molar-refractivity contribution in [1.29, 1.82) is 0 Å². The Balaban J connectivity index is 0.00000312. The summed E-state index contributed by atoms with van der Waals surface area (Å²) < 4.78 is 27.1. The summed E-state index contributed by atoms with van der Waals surface area (Å²) in [6.07, 6.45) is 0.0817. The molecule has 1 fully saturated rings. The molecule has 1 aliphatic heterocycles. The smallest absolute Gasteiger partial charge is 0.243 e. The van der Waals surface area contributed by atoms with E-state index >= 15 is 0 Å². The zero-order valence-electron chi connectivity index (χ0n) is 14.0. The molecule has 0 aliphatic carbocycles. The number of piperazine rings is 1. The van der Waals surface area contributed by atoms with Gasteiger partial charge >= 0.3 is 0 Å². The lowest BCUT2D eigenvalue weighted by Gasteiger charge is -2.38. The van der Waals surface area contributed by atoms with Gasteiger partial charge in [0.2, 0.25) is 15.9 Å². The number of benzene rings is 1. The molecule has 1 aromatic carbocycles. The van der Waals surface area contributed by atoms with Crippen LogP contribution >= 0.6 is 35.6 Å². The Morgan fingerprint density at radius 3 is 2.52 bits per heavy atom. The Hall–Kier alpha value is -0.570. The fraction of sp³-hybridized carbons (Fsp3) is 0.533. The van der Waals surface area contributed by atoms with E-state index in [0.29, 0.717) is 6.54 Å². The second kappa shape index (κ2) is 9.39. The van der Waals surface area contributed by atoms with E-state index in [1.807, 2.05) is 13.8 Å². The van der Waals surface area contributed by atoms with Gasteiger partial charge in [-0.05, 0) is 26.0 Å². The van der Waals surface area contributed by atoms with Gasteiger partial charge < -0.3 is 10.2 Å². The Morgan fingerprint density at radius 2 is 1.92 bits per heavy atom. The lowest BCUT2D eigenvalue weighted by molar-refractivity contribution is -0.134. The van der Waals surface area contributed by atoms with Crippen molar-refractivity contribution in [3.8, 4) is 0 Å². The van der Waals surface area contributed by atoms with Crippen LogP contribution < -0.4 is 10.0 Å². The molecular weight excluding hydrogens is 409 g/mol. The van der Waals surface area contributed by atoms with Crippen LogP contribution in [0, 0.1) is 0 Å². The number of rotatable bonds is 5. The summed E-state index contributed by atoms with van der Waals surface area (Å²) in [7, 11) is -3.87. The Kier molecular flexibility index (Phi) is 8.44. The minimum atomic E-state index is -3.87. The molecule has 0 aromatic heterocycles. The van der Waals surface area contributed by atoms with E-state index in [0.717, 1.165) is 6.54 Å². The zero-order chi connectivity index (χ0) is 17.9. The van der Waals surface area contributed by atoms with Crippen LogP contribution in [0.15, 0.2) is 23.1 Å². The van der Waals surface area contributed by atoms with E-state index in [1.165, 1.54) is 12.1 Å². The summed E-state index contributed by atoms with van der Waals surface area (Å²) in [5, 5.41) is 3.39. The number of hydrogen-bond acceptors (Lipinski definition) is 4. The average Bonchev–Trinajstić information content (AvgIpc) is 2.49. The molecule has 0 radical (unpaired) electrons. The van der Waals surface area contributed by atoms with Crippen LogP contribution in [0.1, 0.15) is 20.3 Å². The van der Waals surface area contributed by atoms with Crippen LogP contribution in [0.25, 0.3) is 0 Å². The predicted molar refractivity (Wildman–Crippen MR) is 102 cm³/mol. The number of carbonyl (C=O) groups excluding carboxylic acids is 1. The molecule has 2 rings (SSSR count). The van der Waals surface area contributed by atoms with E-state index in [4.69, 9.17) is 23.2 Å². The zero-order valence-corrected chi connectivity index (χ0v) is 17.1. The third-order valence-corrected chi connectivity index (χ3v) is 6.59. The first-order chi connectivity index (χ1) is 11.2. The predicted octanol–water partition coefficient (Wildman–Crippen LogP) is 2.29. The van der Waals surface area contributed by atoms with Crippen molar-refractivity contribution in [3.05, 3.63) is 28.2 Å². The van der Waals surface area contributed by atoms with Crippen molar-refractivity contribution in [1.82, 2.24) is 14.9 Å². The highest BCUT2D eigenvalue weighted by atomic mass is 35.5. The molecule has 2 unspecified atom stereocenters. The SMILES string of the molecule is CC1NCCN(C(=O)CCNS(=O)(=O)c2c(Cl)cccc2Cl)C1C.Cl. The van der Waals surface area contributed by atoms with Crippen molar-refractivity contribution in [2.75, 3.05) is 19.6 Å². The molecule has 1 aliphatic rings. The molecule has 6 nitrogen and oxygen atoms in total. The first-order valence-electron chi connectivity index (χ1n) is 7.70. The molecule has 142 valence electrons. The Morgan fingerprint density at radius 1 is 1.32 bits per heavy atom. The molecular formula is C15H22Cl3N3O3S. The highest BCUT2D eigenvalue weighted by molar-refractivity contribution is 7.89. The van der Waals surface area contributed by atoms with Gasteiger partial charge in [-0.25, -0.2) is 13.1 Å². The Bertz CT molecular complexity index is 695. The number of nitrogens with one attached hydrogen (secondary N) is 2. The van der Waals surface area contributed by atoms with Crippen molar-refractivity contribution < 1.29 is 13.2 Å².